The summed E-state index contributed by atoms with van der Waals surface area (Å²) < 4.78 is 0. The van der Waals surface area contributed by atoms with Gasteiger partial charge >= 0.3 is 0 Å². The first-order chi connectivity index (χ1) is 8.96. The summed E-state index contributed by atoms with van der Waals surface area (Å²) in [4.78, 5) is 1.19. The van der Waals surface area contributed by atoms with Crippen molar-refractivity contribution in [1.29, 1.82) is 0 Å². The molecule has 1 unspecified atom stereocenters. The van der Waals surface area contributed by atoms with Crippen LogP contribution in [-0.4, -0.2) is 16.2 Å². The third kappa shape index (κ3) is 4.33. The van der Waals surface area contributed by atoms with Crippen LogP contribution in [0.5, 0.6) is 5.75 Å². The van der Waals surface area contributed by atoms with Crippen LogP contribution in [-0.2, 0) is 10.8 Å². The zero-order chi connectivity index (χ0) is 15.7. The number of benzene rings is 1. The number of thioether (sulfide) groups is 1. The molecule has 0 spiro atoms. The molecule has 114 valence electrons. The van der Waals surface area contributed by atoms with Crippen molar-refractivity contribution < 1.29 is 5.11 Å². The topological polar surface area (TPSA) is 20.2 Å². The molecule has 0 radical (unpaired) electrons. The van der Waals surface area contributed by atoms with Crippen LogP contribution in [0.25, 0.3) is 0 Å². The highest BCUT2D eigenvalue weighted by atomic mass is 35.5. The van der Waals surface area contributed by atoms with E-state index in [2.05, 4.69) is 60.6 Å². The van der Waals surface area contributed by atoms with E-state index in [-0.39, 0.29) is 10.8 Å². The molecule has 20 heavy (non-hydrogen) atoms. The molecule has 1 nitrogen and oxygen atoms in total. The number of hydrogen-bond donors (Lipinski definition) is 1. The number of aromatic hydroxyl groups is 1. The minimum absolute atomic E-state index is 0.0785. The van der Waals surface area contributed by atoms with Crippen LogP contribution in [0, 0.1) is 0 Å². The van der Waals surface area contributed by atoms with Crippen LogP contribution in [0.3, 0.4) is 0 Å². The van der Waals surface area contributed by atoms with E-state index >= 15 is 0 Å². The van der Waals surface area contributed by atoms with Crippen LogP contribution < -0.4 is 0 Å². The Hall–Kier alpha value is -0.340. The van der Waals surface area contributed by atoms with Crippen molar-refractivity contribution in [2.45, 2.75) is 69.4 Å². The maximum atomic E-state index is 10.6. The summed E-state index contributed by atoms with van der Waals surface area (Å²) in [7, 11) is 0. The van der Waals surface area contributed by atoms with Gasteiger partial charge in [0.15, 0.2) is 0 Å². The monoisotopic (exact) mass is 314 g/mol. The van der Waals surface area contributed by atoms with Gasteiger partial charge in [-0.25, -0.2) is 0 Å². The highest BCUT2D eigenvalue weighted by molar-refractivity contribution is 8.00. The van der Waals surface area contributed by atoms with Crippen molar-refractivity contribution in [2.75, 3.05) is 5.88 Å². The van der Waals surface area contributed by atoms with E-state index in [0.717, 1.165) is 11.1 Å². The second-order valence-electron chi connectivity index (χ2n) is 7.45. The lowest BCUT2D eigenvalue weighted by Crippen LogP contribution is -2.17. The minimum Gasteiger partial charge on any atom is -0.507 e. The number of hydrogen-bond acceptors (Lipinski definition) is 2. The van der Waals surface area contributed by atoms with Crippen LogP contribution in [0.2, 0.25) is 0 Å². The Labute approximate surface area is 133 Å². The molecule has 0 aliphatic heterocycles. The maximum absolute atomic E-state index is 10.6. The Balaban J connectivity index is 3.42. The molecule has 0 fully saturated rings. The molecule has 0 saturated carbocycles. The predicted octanol–water partition coefficient (Wildman–Crippen LogP) is 5.71. The van der Waals surface area contributed by atoms with Crippen LogP contribution in [0.4, 0.5) is 0 Å². The average molecular weight is 315 g/mol. The summed E-state index contributed by atoms with van der Waals surface area (Å²) in [6.45, 7) is 14.9. The van der Waals surface area contributed by atoms with Gasteiger partial charge in [-0.05, 0) is 23.0 Å². The molecule has 0 aliphatic rings. The second-order valence-corrected chi connectivity index (χ2v) is 9.27. The highest BCUT2D eigenvalue weighted by Crippen LogP contribution is 2.42. The van der Waals surface area contributed by atoms with Crippen molar-refractivity contribution in [2.24, 2.45) is 0 Å². The fourth-order valence-corrected chi connectivity index (χ4v) is 3.17. The number of phenolic OH excluding ortho intramolecular Hbond substituents is 1. The first kappa shape index (κ1) is 17.7. The van der Waals surface area contributed by atoms with E-state index in [1.54, 1.807) is 11.8 Å². The van der Waals surface area contributed by atoms with Gasteiger partial charge in [0, 0.05) is 27.2 Å². The second kappa shape index (κ2) is 6.19. The summed E-state index contributed by atoms with van der Waals surface area (Å²) in [5, 5.41) is 11.0. The molecule has 0 saturated heterocycles. The molecule has 0 bridgehead atoms. The zero-order valence-corrected chi connectivity index (χ0v) is 15.2. The standard InChI is InChI=1S/C17H27ClOS/c1-11(10-18)20-12-8-13(16(2,3)4)15(19)14(9-12)17(5,6)7/h8-9,11,19H,10H2,1-7H3. The largest absolute Gasteiger partial charge is 0.507 e. The van der Waals surface area contributed by atoms with E-state index in [1.165, 1.54) is 4.90 Å². The molecule has 1 atom stereocenters. The third-order valence-electron chi connectivity index (χ3n) is 3.25. The molecule has 1 aromatic rings. The Morgan fingerprint density at radius 2 is 1.45 bits per heavy atom. The molecule has 0 aromatic heterocycles. The highest BCUT2D eigenvalue weighted by Gasteiger charge is 2.26. The lowest BCUT2D eigenvalue weighted by atomic mass is 9.79. The lowest BCUT2D eigenvalue weighted by Gasteiger charge is -2.28. The first-order valence-corrected chi connectivity index (χ1v) is 8.49. The maximum Gasteiger partial charge on any atom is 0.123 e. The SMILES string of the molecule is CC(CCl)Sc1cc(C(C)(C)C)c(O)c(C(C)(C)C)c1. The zero-order valence-electron chi connectivity index (χ0n) is 13.7. The van der Waals surface area contributed by atoms with Crippen molar-refractivity contribution >= 4 is 23.4 Å². The van der Waals surface area contributed by atoms with Gasteiger partial charge in [0.1, 0.15) is 5.75 Å². The Kier molecular flexibility index (Phi) is 5.48. The predicted molar refractivity (Wildman–Crippen MR) is 91.5 cm³/mol. The molecular formula is C17H27ClOS. The minimum atomic E-state index is -0.0785. The Morgan fingerprint density at radius 3 is 1.75 bits per heavy atom. The normalized spacial score (nSPS) is 14.4. The molecular weight excluding hydrogens is 288 g/mol. The summed E-state index contributed by atoms with van der Waals surface area (Å²) in [6, 6.07) is 4.22. The first-order valence-electron chi connectivity index (χ1n) is 7.07. The van der Waals surface area contributed by atoms with Gasteiger partial charge in [0.05, 0.1) is 0 Å². The van der Waals surface area contributed by atoms with E-state index in [4.69, 9.17) is 11.6 Å². The van der Waals surface area contributed by atoms with Gasteiger partial charge in [-0.15, -0.1) is 23.4 Å². The van der Waals surface area contributed by atoms with E-state index < -0.39 is 0 Å². The van der Waals surface area contributed by atoms with Gasteiger partial charge in [-0.1, -0.05) is 48.5 Å². The summed E-state index contributed by atoms with van der Waals surface area (Å²) in [5.41, 5.74) is 1.86. The Bertz CT molecular complexity index is 434. The van der Waals surface area contributed by atoms with E-state index in [0.29, 0.717) is 16.9 Å². The van der Waals surface area contributed by atoms with Crippen LogP contribution in [0.15, 0.2) is 17.0 Å². The van der Waals surface area contributed by atoms with Gasteiger partial charge in [0.2, 0.25) is 0 Å². The molecule has 0 aliphatic carbocycles. The van der Waals surface area contributed by atoms with Gasteiger partial charge in [-0.3, -0.25) is 0 Å². The quantitative estimate of drug-likeness (QED) is 0.570. The number of rotatable bonds is 3. The molecule has 3 heteroatoms. The number of alkyl halides is 1. The van der Waals surface area contributed by atoms with Crippen molar-refractivity contribution in [1.82, 2.24) is 0 Å². The van der Waals surface area contributed by atoms with Gasteiger partial charge in [-0.2, -0.15) is 0 Å². The van der Waals surface area contributed by atoms with Crippen LogP contribution in [0.1, 0.15) is 59.6 Å². The van der Waals surface area contributed by atoms with E-state index in [9.17, 15) is 5.11 Å². The fraction of sp³-hybridized carbons (Fsp3) is 0.647. The third-order valence-corrected chi connectivity index (χ3v) is 4.98. The number of phenols is 1. The van der Waals surface area contributed by atoms with Gasteiger partial charge in [0.25, 0.3) is 0 Å². The van der Waals surface area contributed by atoms with Crippen molar-refractivity contribution in [3.63, 3.8) is 0 Å². The molecule has 1 N–H and O–H groups in total. The smallest absolute Gasteiger partial charge is 0.123 e. The summed E-state index contributed by atoms with van der Waals surface area (Å²) in [5.74, 6) is 1.06. The average Bonchev–Trinajstić information content (AvgIpc) is 2.28. The Morgan fingerprint density at radius 1 is 1.05 bits per heavy atom. The molecule has 0 heterocycles. The molecule has 1 aromatic carbocycles. The van der Waals surface area contributed by atoms with Gasteiger partial charge < -0.3 is 5.11 Å². The van der Waals surface area contributed by atoms with Crippen molar-refractivity contribution in [3.05, 3.63) is 23.3 Å². The van der Waals surface area contributed by atoms with Crippen molar-refractivity contribution in [3.8, 4) is 5.75 Å². The fourth-order valence-electron chi connectivity index (χ4n) is 2.08. The summed E-state index contributed by atoms with van der Waals surface area (Å²) >= 11 is 7.69. The van der Waals surface area contributed by atoms with E-state index in [1.807, 2.05) is 0 Å². The molecule has 1 rings (SSSR count). The molecule has 0 amide bonds. The number of halogens is 1. The summed E-state index contributed by atoms with van der Waals surface area (Å²) in [6.07, 6.45) is 0. The van der Waals surface area contributed by atoms with Crippen LogP contribution >= 0.6 is 23.4 Å². The lowest BCUT2D eigenvalue weighted by molar-refractivity contribution is 0.422.